The van der Waals surface area contributed by atoms with Gasteiger partial charge in [0.15, 0.2) is 0 Å². The van der Waals surface area contributed by atoms with Gasteiger partial charge in [-0.1, -0.05) is 12.8 Å². The van der Waals surface area contributed by atoms with Crippen LogP contribution in [0.5, 0.6) is 0 Å². The summed E-state index contributed by atoms with van der Waals surface area (Å²) in [5, 5.41) is 0. The molecule has 1 nitrogen and oxygen atoms in total. The van der Waals surface area contributed by atoms with E-state index in [-0.39, 0.29) is 4.47 Å². The molecule has 1 aliphatic rings. The van der Waals surface area contributed by atoms with Gasteiger partial charge in [-0.15, -0.1) is 0 Å². The van der Waals surface area contributed by atoms with Gasteiger partial charge in [-0.25, -0.2) is 8.78 Å². The van der Waals surface area contributed by atoms with Gasteiger partial charge in [0, 0.05) is 5.54 Å². The van der Waals surface area contributed by atoms with Crippen LogP contribution in [0.15, 0.2) is 16.6 Å². The van der Waals surface area contributed by atoms with E-state index >= 15 is 0 Å². The summed E-state index contributed by atoms with van der Waals surface area (Å²) in [5.74, 6) is -1.16. The van der Waals surface area contributed by atoms with Crippen molar-refractivity contribution < 1.29 is 8.78 Å². The molecular formula is C11H12BrF2N. The zero-order chi connectivity index (χ0) is 11.1. The molecule has 0 unspecified atom stereocenters. The highest BCUT2D eigenvalue weighted by Gasteiger charge is 2.32. The zero-order valence-corrected chi connectivity index (χ0v) is 9.78. The maximum absolute atomic E-state index is 13.3. The third-order valence-corrected chi connectivity index (χ3v) is 3.81. The molecule has 0 aliphatic heterocycles. The quantitative estimate of drug-likeness (QED) is 0.781. The molecule has 1 saturated carbocycles. The maximum atomic E-state index is 13.3. The number of hydrogen-bond donors (Lipinski definition) is 1. The van der Waals surface area contributed by atoms with Gasteiger partial charge in [0.2, 0.25) is 0 Å². The molecule has 1 aliphatic carbocycles. The van der Waals surface area contributed by atoms with E-state index in [1.807, 2.05) is 0 Å². The van der Waals surface area contributed by atoms with Crippen LogP contribution in [-0.2, 0) is 5.54 Å². The van der Waals surface area contributed by atoms with Gasteiger partial charge in [0.05, 0.1) is 4.47 Å². The predicted molar refractivity (Wildman–Crippen MR) is 58.4 cm³/mol. The van der Waals surface area contributed by atoms with E-state index < -0.39 is 17.2 Å². The van der Waals surface area contributed by atoms with E-state index in [4.69, 9.17) is 5.73 Å². The van der Waals surface area contributed by atoms with Crippen molar-refractivity contribution in [1.82, 2.24) is 0 Å². The second-order valence-corrected chi connectivity index (χ2v) is 4.91. The fourth-order valence-corrected chi connectivity index (χ4v) is 2.37. The molecule has 4 heteroatoms. The Morgan fingerprint density at radius 1 is 1.13 bits per heavy atom. The average molecular weight is 276 g/mol. The summed E-state index contributed by atoms with van der Waals surface area (Å²) in [7, 11) is 0. The van der Waals surface area contributed by atoms with Crippen LogP contribution in [-0.4, -0.2) is 0 Å². The lowest BCUT2D eigenvalue weighted by atomic mass is 9.89. The van der Waals surface area contributed by atoms with Crippen molar-refractivity contribution in [1.29, 1.82) is 0 Å². The van der Waals surface area contributed by atoms with Gasteiger partial charge < -0.3 is 5.73 Å². The van der Waals surface area contributed by atoms with E-state index in [2.05, 4.69) is 15.9 Å². The van der Waals surface area contributed by atoms with Crippen molar-refractivity contribution in [3.8, 4) is 0 Å². The van der Waals surface area contributed by atoms with Crippen molar-refractivity contribution in [3.63, 3.8) is 0 Å². The molecule has 0 saturated heterocycles. The highest BCUT2D eigenvalue weighted by Crippen LogP contribution is 2.37. The van der Waals surface area contributed by atoms with E-state index in [1.165, 1.54) is 12.1 Å². The highest BCUT2D eigenvalue weighted by atomic mass is 79.9. The first-order valence-electron chi connectivity index (χ1n) is 4.97. The van der Waals surface area contributed by atoms with Crippen LogP contribution in [0, 0.1) is 11.6 Å². The molecule has 0 atom stereocenters. The summed E-state index contributed by atoms with van der Waals surface area (Å²) in [5.41, 5.74) is 6.15. The minimum Gasteiger partial charge on any atom is -0.321 e. The van der Waals surface area contributed by atoms with Crippen LogP contribution in [0.1, 0.15) is 31.2 Å². The molecule has 1 aromatic rings. The fourth-order valence-electron chi connectivity index (χ4n) is 2.14. The van der Waals surface area contributed by atoms with Gasteiger partial charge in [0.25, 0.3) is 0 Å². The molecule has 15 heavy (non-hydrogen) atoms. The van der Waals surface area contributed by atoms with Crippen molar-refractivity contribution in [3.05, 3.63) is 33.8 Å². The Kier molecular flexibility index (Phi) is 2.81. The Morgan fingerprint density at radius 2 is 1.60 bits per heavy atom. The number of nitrogens with two attached hydrogens (primary N) is 1. The molecule has 1 aromatic carbocycles. The molecule has 2 N–H and O–H groups in total. The van der Waals surface area contributed by atoms with E-state index in [9.17, 15) is 8.78 Å². The first-order valence-corrected chi connectivity index (χ1v) is 5.76. The van der Waals surface area contributed by atoms with E-state index in [1.54, 1.807) is 0 Å². The largest absolute Gasteiger partial charge is 0.321 e. The molecule has 0 amide bonds. The highest BCUT2D eigenvalue weighted by molar-refractivity contribution is 9.10. The van der Waals surface area contributed by atoms with Gasteiger partial charge in [0.1, 0.15) is 11.6 Å². The molecular weight excluding hydrogens is 264 g/mol. The van der Waals surface area contributed by atoms with Crippen molar-refractivity contribution in [2.24, 2.45) is 5.73 Å². The number of hydrogen-bond acceptors (Lipinski definition) is 1. The Balaban J connectivity index is 2.45. The van der Waals surface area contributed by atoms with Crippen molar-refractivity contribution in [2.45, 2.75) is 31.2 Å². The maximum Gasteiger partial charge on any atom is 0.140 e. The monoisotopic (exact) mass is 275 g/mol. The normalized spacial score (nSPS) is 19.5. The smallest absolute Gasteiger partial charge is 0.140 e. The second-order valence-electron chi connectivity index (χ2n) is 4.12. The summed E-state index contributed by atoms with van der Waals surface area (Å²) in [6, 6.07) is 2.66. The van der Waals surface area contributed by atoms with Gasteiger partial charge in [-0.05, 0) is 46.5 Å². The Bertz CT molecular complexity index is 363. The van der Waals surface area contributed by atoms with Crippen LogP contribution in [0.4, 0.5) is 8.78 Å². The SMILES string of the molecule is NC1(c2cc(F)c(Br)c(F)c2)CCCC1. The Labute approximate surface area is 95.8 Å². The topological polar surface area (TPSA) is 26.0 Å². The standard InChI is InChI=1S/C11H12BrF2N/c12-10-8(13)5-7(6-9(10)14)11(15)3-1-2-4-11/h5-6H,1-4,15H2. The van der Waals surface area contributed by atoms with Gasteiger partial charge in [-0.3, -0.25) is 0 Å². The van der Waals surface area contributed by atoms with Crippen LogP contribution in [0.2, 0.25) is 0 Å². The molecule has 0 heterocycles. The van der Waals surface area contributed by atoms with E-state index in [0.29, 0.717) is 5.56 Å². The molecule has 82 valence electrons. The van der Waals surface area contributed by atoms with E-state index in [0.717, 1.165) is 25.7 Å². The number of halogens is 3. The molecule has 0 spiro atoms. The molecule has 2 rings (SSSR count). The summed E-state index contributed by atoms with van der Waals surface area (Å²) >= 11 is 2.85. The third-order valence-electron chi connectivity index (χ3n) is 3.05. The fraction of sp³-hybridized carbons (Fsp3) is 0.455. The van der Waals surface area contributed by atoms with Crippen LogP contribution in [0.3, 0.4) is 0 Å². The molecule has 1 fully saturated rings. The summed E-state index contributed by atoms with van der Waals surface area (Å²) in [4.78, 5) is 0. The Hall–Kier alpha value is -0.480. The molecule has 0 bridgehead atoms. The number of benzene rings is 1. The summed E-state index contributed by atoms with van der Waals surface area (Å²) in [6.45, 7) is 0. The lowest BCUT2D eigenvalue weighted by Gasteiger charge is -2.24. The second kappa shape index (κ2) is 3.83. The molecule has 0 radical (unpaired) electrons. The first-order chi connectivity index (χ1) is 7.03. The minimum absolute atomic E-state index is 0.118. The summed E-state index contributed by atoms with van der Waals surface area (Å²) < 4.78 is 26.5. The third kappa shape index (κ3) is 1.93. The minimum atomic E-state index is -0.582. The van der Waals surface area contributed by atoms with Gasteiger partial charge in [-0.2, -0.15) is 0 Å². The van der Waals surface area contributed by atoms with Crippen molar-refractivity contribution in [2.75, 3.05) is 0 Å². The average Bonchev–Trinajstić information content (AvgIpc) is 2.62. The summed E-state index contributed by atoms with van der Waals surface area (Å²) in [6.07, 6.45) is 3.65. The molecule has 0 aromatic heterocycles. The first kappa shape index (κ1) is 11.0. The zero-order valence-electron chi connectivity index (χ0n) is 8.19. The van der Waals surface area contributed by atoms with Crippen LogP contribution in [0.25, 0.3) is 0 Å². The lowest BCUT2D eigenvalue weighted by molar-refractivity contribution is 0.451. The Morgan fingerprint density at radius 3 is 2.07 bits per heavy atom. The van der Waals surface area contributed by atoms with Crippen LogP contribution < -0.4 is 5.73 Å². The van der Waals surface area contributed by atoms with Gasteiger partial charge >= 0.3 is 0 Å². The van der Waals surface area contributed by atoms with Crippen LogP contribution >= 0.6 is 15.9 Å². The predicted octanol–water partition coefficient (Wildman–Crippen LogP) is 3.46. The lowest BCUT2D eigenvalue weighted by Crippen LogP contribution is -2.33. The van der Waals surface area contributed by atoms with Crippen molar-refractivity contribution >= 4 is 15.9 Å². The number of rotatable bonds is 1.